The van der Waals surface area contributed by atoms with Crippen molar-refractivity contribution in [1.29, 1.82) is 0 Å². The molecule has 0 bridgehead atoms. The van der Waals surface area contributed by atoms with Crippen LogP contribution in [0.1, 0.15) is 52.9 Å². The van der Waals surface area contributed by atoms with Crippen LogP contribution in [-0.2, 0) is 14.4 Å². The van der Waals surface area contributed by atoms with Gasteiger partial charge in [-0.1, -0.05) is 26.7 Å². The second-order valence-corrected chi connectivity index (χ2v) is 6.56. The van der Waals surface area contributed by atoms with E-state index < -0.39 is 0 Å². The number of hydrogen-bond donors (Lipinski definition) is 0. The Bertz CT molecular complexity index is 372. The number of Topliss-reactive ketones (excluding diaryl/α,β-unsaturated/α-hetero) is 1. The molecule has 4 heteroatoms. The van der Waals surface area contributed by atoms with Crippen molar-refractivity contribution in [2.75, 3.05) is 7.11 Å². The van der Waals surface area contributed by atoms with Crippen molar-refractivity contribution in [3.8, 4) is 0 Å². The van der Waals surface area contributed by atoms with E-state index in [1.165, 1.54) is 12.8 Å². The van der Waals surface area contributed by atoms with E-state index in [1.807, 2.05) is 13.8 Å². The number of nitrogens with zero attached hydrogens (tertiary/aromatic N) is 1. The van der Waals surface area contributed by atoms with E-state index in [-0.39, 0.29) is 35.0 Å². The van der Waals surface area contributed by atoms with Crippen molar-refractivity contribution >= 4 is 11.7 Å². The van der Waals surface area contributed by atoms with Crippen LogP contribution in [0.3, 0.4) is 0 Å². The summed E-state index contributed by atoms with van der Waals surface area (Å²) in [5.41, 5.74) is -0.238. The molecule has 2 rings (SSSR count). The van der Waals surface area contributed by atoms with E-state index in [9.17, 15) is 9.59 Å². The summed E-state index contributed by atoms with van der Waals surface area (Å²) >= 11 is 0. The lowest BCUT2D eigenvalue weighted by Crippen LogP contribution is -2.56. The van der Waals surface area contributed by atoms with Crippen LogP contribution in [0, 0.1) is 17.3 Å². The number of ketones is 1. The van der Waals surface area contributed by atoms with Gasteiger partial charge in [0.2, 0.25) is 5.91 Å². The molecule has 0 aromatic heterocycles. The molecule has 0 radical (unpaired) electrons. The smallest absolute Gasteiger partial charge is 0.250 e. The van der Waals surface area contributed by atoms with Gasteiger partial charge in [-0.15, -0.1) is 0 Å². The van der Waals surface area contributed by atoms with Crippen LogP contribution in [0.2, 0.25) is 0 Å². The zero-order valence-corrected chi connectivity index (χ0v) is 12.4. The molecule has 108 valence electrons. The second kappa shape index (κ2) is 5.23. The van der Waals surface area contributed by atoms with Crippen molar-refractivity contribution in [1.82, 2.24) is 5.06 Å². The molecule has 0 aliphatic heterocycles. The highest BCUT2D eigenvalue weighted by Gasteiger charge is 2.55. The van der Waals surface area contributed by atoms with Crippen LogP contribution in [0.15, 0.2) is 0 Å². The average Bonchev–Trinajstić information content (AvgIpc) is 2.81. The molecule has 2 aliphatic rings. The number of rotatable bonds is 4. The molecule has 0 aromatic rings. The zero-order chi connectivity index (χ0) is 14.2. The van der Waals surface area contributed by atoms with Gasteiger partial charge in [-0.3, -0.25) is 14.4 Å². The fourth-order valence-corrected chi connectivity index (χ4v) is 3.75. The number of carbonyl (C=O) groups is 2. The van der Waals surface area contributed by atoms with Crippen LogP contribution in [0.25, 0.3) is 0 Å². The van der Waals surface area contributed by atoms with Crippen molar-refractivity contribution in [2.24, 2.45) is 17.3 Å². The molecule has 1 amide bonds. The molecule has 2 saturated carbocycles. The highest BCUT2D eigenvalue weighted by atomic mass is 16.7. The Morgan fingerprint density at radius 1 is 1.16 bits per heavy atom. The van der Waals surface area contributed by atoms with Gasteiger partial charge in [0, 0.05) is 11.8 Å². The second-order valence-electron chi connectivity index (χ2n) is 6.56. The van der Waals surface area contributed by atoms with Gasteiger partial charge in [0.15, 0.2) is 0 Å². The first-order valence-electron chi connectivity index (χ1n) is 7.27. The Morgan fingerprint density at radius 3 is 2.16 bits per heavy atom. The van der Waals surface area contributed by atoms with Crippen molar-refractivity contribution in [2.45, 2.75) is 58.9 Å². The third-order valence-electron chi connectivity index (χ3n) is 5.13. The Morgan fingerprint density at radius 2 is 1.74 bits per heavy atom. The topological polar surface area (TPSA) is 46.6 Å². The number of carbonyl (C=O) groups excluding carboxylic acids is 2. The van der Waals surface area contributed by atoms with Gasteiger partial charge < -0.3 is 0 Å². The molecule has 4 nitrogen and oxygen atoms in total. The van der Waals surface area contributed by atoms with E-state index in [0.717, 1.165) is 12.8 Å². The zero-order valence-electron chi connectivity index (χ0n) is 12.4. The van der Waals surface area contributed by atoms with E-state index in [0.29, 0.717) is 6.42 Å². The molecule has 0 unspecified atom stereocenters. The minimum Gasteiger partial charge on any atom is -0.300 e. The molecule has 0 heterocycles. The quantitative estimate of drug-likeness (QED) is 0.735. The molecule has 0 aromatic carbocycles. The standard InChI is InChI=1S/C15H25NO3/c1-10(17)12-9-13(15(12,2)3)14(18)16(19-4)11-7-5-6-8-11/h11-13H,5-9H2,1-4H3/t12-,13+/m0/s1. The lowest BCUT2D eigenvalue weighted by Gasteiger charge is -2.51. The molecule has 2 fully saturated rings. The normalized spacial score (nSPS) is 29.9. The molecular weight excluding hydrogens is 242 g/mol. The summed E-state index contributed by atoms with van der Waals surface area (Å²) in [5.74, 6) is 0.196. The minimum absolute atomic E-state index is 0.0173. The monoisotopic (exact) mass is 267 g/mol. The highest BCUT2D eigenvalue weighted by molar-refractivity contribution is 5.87. The van der Waals surface area contributed by atoms with Crippen LogP contribution >= 0.6 is 0 Å². The summed E-state index contributed by atoms with van der Waals surface area (Å²) in [6.07, 6.45) is 5.07. The molecule has 19 heavy (non-hydrogen) atoms. The molecular formula is C15H25NO3. The maximum Gasteiger partial charge on any atom is 0.250 e. The Kier molecular flexibility index (Phi) is 4.00. The van der Waals surface area contributed by atoms with Gasteiger partial charge in [0.1, 0.15) is 5.78 Å². The SMILES string of the molecule is CON(C(=O)[C@H]1C[C@@H](C(C)=O)C1(C)C)C1CCCC1. The Labute approximate surface area is 115 Å². The molecule has 0 N–H and O–H groups in total. The number of amides is 1. The van der Waals surface area contributed by atoms with E-state index >= 15 is 0 Å². The third-order valence-corrected chi connectivity index (χ3v) is 5.13. The van der Waals surface area contributed by atoms with Crippen LogP contribution in [0.4, 0.5) is 0 Å². The van der Waals surface area contributed by atoms with Gasteiger partial charge in [0.25, 0.3) is 0 Å². The van der Waals surface area contributed by atoms with Crippen molar-refractivity contribution < 1.29 is 14.4 Å². The predicted molar refractivity (Wildman–Crippen MR) is 72.2 cm³/mol. The largest absolute Gasteiger partial charge is 0.300 e. The fraction of sp³-hybridized carbons (Fsp3) is 0.867. The van der Waals surface area contributed by atoms with Crippen LogP contribution in [-0.4, -0.2) is 29.9 Å². The van der Waals surface area contributed by atoms with Gasteiger partial charge in [-0.2, -0.15) is 0 Å². The summed E-state index contributed by atoms with van der Waals surface area (Å²) in [4.78, 5) is 29.5. The summed E-state index contributed by atoms with van der Waals surface area (Å²) < 4.78 is 0. The summed E-state index contributed by atoms with van der Waals surface area (Å²) in [7, 11) is 1.57. The van der Waals surface area contributed by atoms with Gasteiger partial charge in [-0.05, 0) is 31.6 Å². The van der Waals surface area contributed by atoms with Crippen molar-refractivity contribution in [3.63, 3.8) is 0 Å². The summed E-state index contributed by atoms with van der Waals surface area (Å²) in [6, 6.07) is 0.227. The predicted octanol–water partition coefficient (Wildman–Crippen LogP) is 2.57. The average molecular weight is 267 g/mol. The molecule has 2 aliphatic carbocycles. The lowest BCUT2D eigenvalue weighted by atomic mass is 9.53. The fourth-order valence-electron chi connectivity index (χ4n) is 3.75. The van der Waals surface area contributed by atoms with E-state index in [1.54, 1.807) is 19.1 Å². The number of hydrogen-bond acceptors (Lipinski definition) is 3. The Hall–Kier alpha value is -0.900. The summed E-state index contributed by atoms with van der Waals surface area (Å²) in [6.45, 7) is 5.67. The maximum absolute atomic E-state index is 12.6. The molecule has 0 spiro atoms. The molecule has 2 atom stereocenters. The van der Waals surface area contributed by atoms with Crippen molar-refractivity contribution in [3.05, 3.63) is 0 Å². The van der Waals surface area contributed by atoms with Crippen LogP contribution in [0.5, 0.6) is 0 Å². The first-order chi connectivity index (χ1) is 8.89. The summed E-state index contributed by atoms with van der Waals surface area (Å²) in [5, 5.41) is 1.58. The Balaban J connectivity index is 2.05. The third kappa shape index (κ3) is 2.42. The highest BCUT2D eigenvalue weighted by Crippen LogP contribution is 2.52. The van der Waals surface area contributed by atoms with Gasteiger partial charge in [0.05, 0.1) is 13.2 Å². The first kappa shape index (κ1) is 14.5. The van der Waals surface area contributed by atoms with Gasteiger partial charge in [-0.25, -0.2) is 5.06 Å². The lowest BCUT2D eigenvalue weighted by molar-refractivity contribution is -0.205. The van der Waals surface area contributed by atoms with Gasteiger partial charge >= 0.3 is 0 Å². The van der Waals surface area contributed by atoms with Crippen LogP contribution < -0.4 is 0 Å². The number of hydroxylamine groups is 2. The first-order valence-corrected chi connectivity index (χ1v) is 7.27. The van der Waals surface area contributed by atoms with E-state index in [4.69, 9.17) is 4.84 Å². The van der Waals surface area contributed by atoms with E-state index in [2.05, 4.69) is 0 Å². The molecule has 0 saturated heterocycles. The minimum atomic E-state index is -0.238. The maximum atomic E-state index is 12.6.